The van der Waals surface area contributed by atoms with Crippen LogP contribution < -0.4 is 0 Å². The summed E-state index contributed by atoms with van der Waals surface area (Å²) in [6, 6.07) is 0. The molecule has 0 N–H and O–H groups in total. The van der Waals surface area contributed by atoms with Gasteiger partial charge in [0.25, 0.3) is 0 Å². The molecule has 4 nitrogen and oxygen atoms in total. The second-order valence-electron chi connectivity index (χ2n) is 3.10. The second kappa shape index (κ2) is 4.26. The molecule has 0 aliphatic carbocycles. The van der Waals surface area contributed by atoms with Crippen LogP contribution in [0.25, 0.3) is 0 Å². The molecule has 1 rings (SSSR count). The smallest absolute Gasteiger partial charge is 0.356 e. The van der Waals surface area contributed by atoms with Gasteiger partial charge in [-0.15, -0.1) is 0 Å². The van der Waals surface area contributed by atoms with Gasteiger partial charge in [-0.3, -0.25) is 4.68 Å². The third-order valence-corrected chi connectivity index (χ3v) is 2.20. The highest BCUT2D eigenvalue weighted by molar-refractivity contribution is 5.89. The number of hydrogen-bond donors (Lipinski definition) is 0. The summed E-state index contributed by atoms with van der Waals surface area (Å²) in [6.07, 6.45) is 0. The zero-order valence-corrected chi connectivity index (χ0v) is 9.13. The van der Waals surface area contributed by atoms with Gasteiger partial charge in [0.15, 0.2) is 0 Å². The van der Waals surface area contributed by atoms with Crippen LogP contribution in [0.4, 0.5) is 0 Å². The molecule has 0 bridgehead atoms. The van der Waals surface area contributed by atoms with E-state index in [0.717, 1.165) is 11.3 Å². The standard InChI is InChI=1S/C10H16N2O2/c1-5-12-9(10(13)14-6-2)7(3)8(4)11-12/h5-6H2,1-4H3. The van der Waals surface area contributed by atoms with Gasteiger partial charge in [0.1, 0.15) is 5.69 Å². The second-order valence-corrected chi connectivity index (χ2v) is 3.10. The molecule has 14 heavy (non-hydrogen) atoms. The van der Waals surface area contributed by atoms with Gasteiger partial charge in [0.05, 0.1) is 12.3 Å². The average Bonchev–Trinajstić information content (AvgIpc) is 2.43. The van der Waals surface area contributed by atoms with Gasteiger partial charge in [-0.05, 0) is 27.7 Å². The van der Waals surface area contributed by atoms with Gasteiger partial charge < -0.3 is 4.74 Å². The lowest BCUT2D eigenvalue weighted by Crippen LogP contribution is -2.13. The number of carbonyl (C=O) groups excluding carboxylic acids is 1. The number of rotatable bonds is 3. The highest BCUT2D eigenvalue weighted by Crippen LogP contribution is 2.13. The van der Waals surface area contributed by atoms with Crippen LogP contribution >= 0.6 is 0 Å². The number of nitrogens with zero attached hydrogens (tertiary/aromatic N) is 2. The van der Waals surface area contributed by atoms with E-state index >= 15 is 0 Å². The summed E-state index contributed by atoms with van der Waals surface area (Å²) in [6.45, 7) is 8.61. The Balaban J connectivity index is 3.10. The SMILES string of the molecule is CCOC(=O)c1c(C)c(C)nn1CC. The van der Waals surface area contributed by atoms with Crippen LogP contribution in [-0.4, -0.2) is 22.4 Å². The molecular formula is C10H16N2O2. The predicted octanol–water partition coefficient (Wildman–Crippen LogP) is 1.70. The van der Waals surface area contributed by atoms with Crippen molar-refractivity contribution >= 4 is 5.97 Å². The summed E-state index contributed by atoms with van der Waals surface area (Å²) in [5, 5.41) is 4.25. The Morgan fingerprint density at radius 2 is 2.07 bits per heavy atom. The van der Waals surface area contributed by atoms with E-state index in [-0.39, 0.29) is 5.97 Å². The Morgan fingerprint density at radius 3 is 2.57 bits per heavy atom. The number of aromatic nitrogens is 2. The fourth-order valence-electron chi connectivity index (χ4n) is 1.36. The molecule has 0 unspecified atom stereocenters. The van der Waals surface area contributed by atoms with E-state index in [4.69, 9.17) is 4.74 Å². The summed E-state index contributed by atoms with van der Waals surface area (Å²) in [5.74, 6) is -0.285. The van der Waals surface area contributed by atoms with Crippen LogP contribution in [0.3, 0.4) is 0 Å². The Morgan fingerprint density at radius 1 is 1.43 bits per heavy atom. The molecular weight excluding hydrogens is 180 g/mol. The third kappa shape index (κ3) is 1.78. The van der Waals surface area contributed by atoms with Gasteiger partial charge >= 0.3 is 5.97 Å². The lowest BCUT2D eigenvalue weighted by atomic mass is 10.2. The van der Waals surface area contributed by atoms with Crippen LogP contribution in [-0.2, 0) is 11.3 Å². The van der Waals surface area contributed by atoms with E-state index in [9.17, 15) is 4.79 Å². The maximum Gasteiger partial charge on any atom is 0.356 e. The summed E-state index contributed by atoms with van der Waals surface area (Å²) >= 11 is 0. The molecule has 1 heterocycles. The normalized spacial score (nSPS) is 10.3. The largest absolute Gasteiger partial charge is 0.461 e. The van der Waals surface area contributed by atoms with E-state index in [1.807, 2.05) is 20.8 Å². The molecule has 0 aliphatic heterocycles. The number of ether oxygens (including phenoxy) is 1. The quantitative estimate of drug-likeness (QED) is 0.691. The molecule has 4 heteroatoms. The Hall–Kier alpha value is -1.32. The summed E-state index contributed by atoms with van der Waals surface area (Å²) in [4.78, 5) is 11.6. The molecule has 0 aromatic carbocycles. The van der Waals surface area contributed by atoms with Crippen molar-refractivity contribution in [3.05, 3.63) is 17.0 Å². The van der Waals surface area contributed by atoms with E-state index in [2.05, 4.69) is 5.10 Å². The van der Waals surface area contributed by atoms with Crippen LogP contribution in [0.15, 0.2) is 0 Å². The zero-order chi connectivity index (χ0) is 10.7. The minimum absolute atomic E-state index is 0.285. The Kier molecular flexibility index (Phi) is 3.28. The summed E-state index contributed by atoms with van der Waals surface area (Å²) < 4.78 is 6.65. The molecule has 1 aromatic rings. The number of esters is 1. The lowest BCUT2D eigenvalue weighted by molar-refractivity contribution is 0.0511. The van der Waals surface area contributed by atoms with E-state index in [1.54, 1.807) is 11.6 Å². The van der Waals surface area contributed by atoms with E-state index in [1.165, 1.54) is 0 Å². The van der Waals surface area contributed by atoms with Gasteiger partial charge in [0.2, 0.25) is 0 Å². The highest BCUT2D eigenvalue weighted by Gasteiger charge is 2.18. The van der Waals surface area contributed by atoms with Crippen molar-refractivity contribution in [2.75, 3.05) is 6.61 Å². The van der Waals surface area contributed by atoms with Gasteiger partial charge in [0, 0.05) is 12.1 Å². The molecule has 0 saturated heterocycles. The fraction of sp³-hybridized carbons (Fsp3) is 0.600. The number of carbonyl (C=O) groups is 1. The Labute approximate surface area is 83.9 Å². The maximum absolute atomic E-state index is 11.6. The van der Waals surface area contributed by atoms with Crippen molar-refractivity contribution in [1.82, 2.24) is 9.78 Å². The first kappa shape index (κ1) is 10.8. The monoisotopic (exact) mass is 196 g/mol. The van der Waals surface area contributed by atoms with Crippen LogP contribution in [0.1, 0.15) is 35.6 Å². The van der Waals surface area contributed by atoms with Crippen molar-refractivity contribution in [3.63, 3.8) is 0 Å². The molecule has 0 atom stereocenters. The summed E-state index contributed by atoms with van der Waals surface area (Å²) in [5.41, 5.74) is 2.37. The first-order chi connectivity index (χ1) is 6.61. The first-order valence-electron chi connectivity index (χ1n) is 4.82. The minimum atomic E-state index is -0.285. The predicted molar refractivity (Wildman–Crippen MR) is 53.3 cm³/mol. The fourth-order valence-corrected chi connectivity index (χ4v) is 1.36. The summed E-state index contributed by atoms with van der Waals surface area (Å²) in [7, 11) is 0. The van der Waals surface area contributed by atoms with Crippen molar-refractivity contribution in [1.29, 1.82) is 0 Å². The van der Waals surface area contributed by atoms with E-state index < -0.39 is 0 Å². The van der Waals surface area contributed by atoms with Gasteiger partial charge in [-0.1, -0.05) is 0 Å². The molecule has 1 aromatic heterocycles. The van der Waals surface area contributed by atoms with Crippen LogP contribution in [0.2, 0.25) is 0 Å². The Bertz CT molecular complexity index is 342. The van der Waals surface area contributed by atoms with Crippen LogP contribution in [0.5, 0.6) is 0 Å². The molecule has 0 fully saturated rings. The van der Waals surface area contributed by atoms with Crippen LogP contribution in [0, 0.1) is 13.8 Å². The van der Waals surface area contributed by atoms with Gasteiger partial charge in [-0.2, -0.15) is 5.10 Å². The third-order valence-electron chi connectivity index (χ3n) is 2.20. The molecule has 0 radical (unpaired) electrons. The number of aryl methyl sites for hydroxylation is 2. The van der Waals surface area contributed by atoms with Crippen molar-refractivity contribution in [3.8, 4) is 0 Å². The van der Waals surface area contributed by atoms with E-state index in [0.29, 0.717) is 18.8 Å². The lowest BCUT2D eigenvalue weighted by Gasteiger charge is -2.04. The molecule has 0 saturated carbocycles. The number of hydrogen-bond acceptors (Lipinski definition) is 3. The van der Waals surface area contributed by atoms with Crippen molar-refractivity contribution < 1.29 is 9.53 Å². The average molecular weight is 196 g/mol. The molecule has 0 spiro atoms. The first-order valence-corrected chi connectivity index (χ1v) is 4.82. The molecule has 78 valence electrons. The molecule has 0 aliphatic rings. The van der Waals surface area contributed by atoms with Gasteiger partial charge in [-0.25, -0.2) is 4.79 Å². The molecule has 0 amide bonds. The minimum Gasteiger partial charge on any atom is -0.461 e. The highest BCUT2D eigenvalue weighted by atomic mass is 16.5. The van der Waals surface area contributed by atoms with Crippen molar-refractivity contribution in [2.45, 2.75) is 34.2 Å². The topological polar surface area (TPSA) is 44.1 Å². The zero-order valence-electron chi connectivity index (χ0n) is 9.13. The maximum atomic E-state index is 11.6. The van der Waals surface area contributed by atoms with Crippen molar-refractivity contribution in [2.24, 2.45) is 0 Å².